The van der Waals surface area contributed by atoms with Crippen molar-refractivity contribution in [3.63, 3.8) is 0 Å². The fourth-order valence-electron chi connectivity index (χ4n) is 2.95. The smallest absolute Gasteiger partial charge is 0.257 e. The summed E-state index contributed by atoms with van der Waals surface area (Å²) >= 11 is 0.0711. The lowest BCUT2D eigenvalue weighted by Crippen LogP contribution is -2.15. The standard InChI is InChI=1S/C18H21N3O3S2/c1-24-12-26(23)16-7-6-14(11-20-16)15(10-13-4-2-3-5-13)17(22)21-18-19-8-9-25-18/h6-11,13H,2-5,12H2,1H3,(H,19,21,22)/b15-10+. The summed E-state index contributed by atoms with van der Waals surface area (Å²) < 4.78 is 16.9. The number of hydrogen-bond donors (Lipinski definition) is 1. The molecule has 6 nitrogen and oxygen atoms in total. The van der Waals surface area contributed by atoms with E-state index < -0.39 is 11.2 Å². The molecule has 0 spiro atoms. The van der Waals surface area contributed by atoms with Gasteiger partial charge in [0.15, 0.2) is 5.13 Å². The molecule has 1 N–H and O–H groups in total. The normalized spacial score (nSPS) is 16.6. The lowest BCUT2D eigenvalue weighted by atomic mass is 9.99. The van der Waals surface area contributed by atoms with Crippen molar-refractivity contribution in [2.45, 2.75) is 30.7 Å². The van der Waals surface area contributed by atoms with E-state index in [0.717, 1.165) is 12.8 Å². The van der Waals surface area contributed by atoms with E-state index in [-0.39, 0.29) is 11.8 Å². The molecule has 0 saturated heterocycles. The second kappa shape index (κ2) is 9.27. The van der Waals surface area contributed by atoms with Crippen LogP contribution in [0.3, 0.4) is 0 Å². The van der Waals surface area contributed by atoms with E-state index in [2.05, 4.69) is 15.3 Å². The minimum atomic E-state index is -1.31. The SMILES string of the molecule is COC[S+]([O-])c1ccc(/C(=C\C2CCCC2)C(=O)Nc2nccs2)cn1. The van der Waals surface area contributed by atoms with Crippen LogP contribution in [-0.2, 0) is 20.7 Å². The maximum absolute atomic E-state index is 12.8. The van der Waals surface area contributed by atoms with Gasteiger partial charge in [0, 0.05) is 53.3 Å². The van der Waals surface area contributed by atoms with Crippen LogP contribution in [0, 0.1) is 5.92 Å². The minimum Gasteiger partial charge on any atom is -0.608 e. The maximum Gasteiger partial charge on any atom is 0.257 e. The van der Waals surface area contributed by atoms with Crippen LogP contribution in [0.1, 0.15) is 31.2 Å². The van der Waals surface area contributed by atoms with Gasteiger partial charge in [0.1, 0.15) is 0 Å². The Labute approximate surface area is 159 Å². The van der Waals surface area contributed by atoms with E-state index >= 15 is 0 Å². The van der Waals surface area contributed by atoms with Crippen molar-refractivity contribution >= 4 is 39.1 Å². The summed E-state index contributed by atoms with van der Waals surface area (Å²) in [5, 5.41) is 5.67. The van der Waals surface area contributed by atoms with Gasteiger partial charge in [0.05, 0.1) is 0 Å². The second-order valence-electron chi connectivity index (χ2n) is 6.05. The number of allylic oxidation sites excluding steroid dienone is 1. The van der Waals surface area contributed by atoms with Crippen molar-refractivity contribution in [3.8, 4) is 0 Å². The Balaban J connectivity index is 1.83. The number of nitrogens with zero attached hydrogens (tertiary/aromatic N) is 2. The van der Waals surface area contributed by atoms with Crippen molar-refractivity contribution in [3.05, 3.63) is 41.5 Å². The molecule has 2 aromatic rings. The predicted molar refractivity (Wildman–Crippen MR) is 103 cm³/mol. The highest BCUT2D eigenvalue weighted by molar-refractivity contribution is 7.91. The molecular formula is C18H21N3O3S2. The van der Waals surface area contributed by atoms with Crippen molar-refractivity contribution in [2.24, 2.45) is 5.92 Å². The molecule has 1 amide bonds. The van der Waals surface area contributed by atoms with Crippen LogP contribution >= 0.6 is 11.3 Å². The first-order valence-electron chi connectivity index (χ1n) is 8.44. The Kier molecular flexibility index (Phi) is 6.79. The van der Waals surface area contributed by atoms with Crippen molar-refractivity contribution in [2.75, 3.05) is 18.4 Å². The molecule has 0 radical (unpaired) electrons. The number of methoxy groups -OCH3 is 1. The van der Waals surface area contributed by atoms with Crippen LogP contribution in [0.5, 0.6) is 0 Å². The Bertz CT molecular complexity index is 742. The molecule has 0 aromatic carbocycles. The van der Waals surface area contributed by atoms with E-state index in [1.165, 1.54) is 31.3 Å². The molecule has 1 aliphatic rings. The summed E-state index contributed by atoms with van der Waals surface area (Å²) in [4.78, 5) is 21.2. The van der Waals surface area contributed by atoms with Gasteiger partial charge in [-0.3, -0.25) is 10.1 Å². The van der Waals surface area contributed by atoms with Crippen molar-refractivity contribution in [1.82, 2.24) is 9.97 Å². The van der Waals surface area contributed by atoms with Crippen LogP contribution in [-0.4, -0.2) is 33.5 Å². The van der Waals surface area contributed by atoms with E-state index in [4.69, 9.17) is 4.74 Å². The molecule has 2 heterocycles. The van der Waals surface area contributed by atoms with Gasteiger partial charge in [-0.1, -0.05) is 18.9 Å². The quantitative estimate of drug-likeness (QED) is 0.577. The minimum absolute atomic E-state index is 0.0989. The van der Waals surface area contributed by atoms with Crippen LogP contribution < -0.4 is 5.32 Å². The van der Waals surface area contributed by atoms with E-state index in [1.807, 2.05) is 11.5 Å². The van der Waals surface area contributed by atoms with Crippen LogP contribution in [0.25, 0.3) is 5.57 Å². The highest BCUT2D eigenvalue weighted by Gasteiger charge is 2.20. The molecule has 1 unspecified atom stereocenters. The number of nitrogens with one attached hydrogen (secondary N) is 1. The Morgan fingerprint density at radius 1 is 1.42 bits per heavy atom. The molecule has 8 heteroatoms. The number of aromatic nitrogens is 2. The number of thiazole rings is 1. The first kappa shape index (κ1) is 19.0. The van der Waals surface area contributed by atoms with E-state index in [0.29, 0.717) is 27.2 Å². The molecule has 2 aromatic heterocycles. The number of carbonyl (C=O) groups excluding carboxylic acids is 1. The molecule has 1 aliphatic carbocycles. The number of rotatable bonds is 7. The summed E-state index contributed by atoms with van der Waals surface area (Å²) in [5.74, 6) is 0.301. The number of anilines is 1. The average molecular weight is 392 g/mol. The fourth-order valence-corrected chi connectivity index (χ4v) is 4.20. The molecule has 3 rings (SSSR count). The largest absolute Gasteiger partial charge is 0.608 e. The van der Waals surface area contributed by atoms with Crippen molar-refractivity contribution < 1.29 is 14.1 Å². The zero-order chi connectivity index (χ0) is 18.4. The number of hydrogen-bond acceptors (Lipinski definition) is 6. The topological polar surface area (TPSA) is 87.2 Å². The second-order valence-corrected chi connectivity index (χ2v) is 8.29. The highest BCUT2D eigenvalue weighted by Crippen LogP contribution is 2.30. The van der Waals surface area contributed by atoms with Gasteiger partial charge in [-0.25, -0.2) is 9.97 Å². The van der Waals surface area contributed by atoms with Crippen LogP contribution in [0.15, 0.2) is 41.0 Å². The highest BCUT2D eigenvalue weighted by atomic mass is 32.2. The van der Waals surface area contributed by atoms with E-state index in [1.54, 1.807) is 24.5 Å². The number of ether oxygens (including phenoxy) is 1. The Morgan fingerprint density at radius 3 is 2.85 bits per heavy atom. The Morgan fingerprint density at radius 2 is 2.23 bits per heavy atom. The number of pyridine rings is 1. The van der Waals surface area contributed by atoms with E-state index in [9.17, 15) is 9.35 Å². The van der Waals surface area contributed by atoms with Gasteiger partial charge in [0.2, 0.25) is 11.0 Å². The zero-order valence-electron chi connectivity index (χ0n) is 14.5. The molecule has 1 fully saturated rings. The first-order chi connectivity index (χ1) is 12.7. The predicted octanol–water partition coefficient (Wildman–Crippen LogP) is 3.46. The van der Waals surface area contributed by atoms with Gasteiger partial charge in [-0.05, 0) is 24.8 Å². The summed E-state index contributed by atoms with van der Waals surface area (Å²) in [6.45, 7) is 0. The average Bonchev–Trinajstić information content (AvgIpc) is 3.34. The molecule has 0 aliphatic heterocycles. The molecule has 1 saturated carbocycles. The Hall–Kier alpha value is -1.74. The first-order valence-corrected chi connectivity index (χ1v) is 10.6. The molecular weight excluding hydrogens is 370 g/mol. The van der Waals surface area contributed by atoms with Gasteiger partial charge in [0.25, 0.3) is 5.91 Å². The summed E-state index contributed by atoms with van der Waals surface area (Å²) in [7, 11) is 1.50. The molecule has 0 bridgehead atoms. The number of amides is 1. The lowest BCUT2D eigenvalue weighted by Gasteiger charge is -2.12. The summed E-state index contributed by atoms with van der Waals surface area (Å²) in [6.07, 6.45) is 9.87. The maximum atomic E-state index is 12.8. The molecule has 1 atom stereocenters. The molecule has 138 valence electrons. The number of carbonyl (C=O) groups is 1. The van der Waals surface area contributed by atoms with Crippen molar-refractivity contribution in [1.29, 1.82) is 0 Å². The fraction of sp³-hybridized carbons (Fsp3) is 0.389. The third-order valence-electron chi connectivity index (χ3n) is 4.21. The van der Waals surface area contributed by atoms with Gasteiger partial charge in [-0.15, -0.1) is 11.3 Å². The third kappa shape index (κ3) is 4.91. The third-order valence-corrected chi connectivity index (χ3v) is 6.05. The van der Waals surface area contributed by atoms with Gasteiger partial charge < -0.3 is 9.29 Å². The zero-order valence-corrected chi connectivity index (χ0v) is 16.1. The molecule has 26 heavy (non-hydrogen) atoms. The van der Waals surface area contributed by atoms with Crippen LogP contribution in [0.2, 0.25) is 0 Å². The lowest BCUT2D eigenvalue weighted by molar-refractivity contribution is -0.111. The summed E-state index contributed by atoms with van der Waals surface area (Å²) in [5.41, 5.74) is 1.30. The van der Waals surface area contributed by atoms with Gasteiger partial charge >= 0.3 is 0 Å². The van der Waals surface area contributed by atoms with Crippen LogP contribution in [0.4, 0.5) is 5.13 Å². The van der Waals surface area contributed by atoms with Gasteiger partial charge in [-0.2, -0.15) is 0 Å². The monoisotopic (exact) mass is 391 g/mol. The summed E-state index contributed by atoms with van der Waals surface area (Å²) in [6, 6.07) is 3.47.